The lowest BCUT2D eigenvalue weighted by Gasteiger charge is -2.13. The Morgan fingerprint density at radius 2 is 2.23 bits per heavy atom. The minimum Gasteiger partial charge on any atom is -0.481 e. The van der Waals surface area contributed by atoms with E-state index < -0.39 is 17.6 Å². The van der Waals surface area contributed by atoms with Gasteiger partial charge in [-0.15, -0.1) is 0 Å². The van der Waals surface area contributed by atoms with Crippen LogP contribution in [0.15, 0.2) is 17.0 Å². The number of tetrazole rings is 1. The number of carbonyl (C=O) groups excluding carboxylic acids is 1. The van der Waals surface area contributed by atoms with Gasteiger partial charge in [0.2, 0.25) is 5.95 Å². The van der Waals surface area contributed by atoms with Crippen LogP contribution in [0.1, 0.15) is 15.9 Å². The number of benzene rings is 1. The second kappa shape index (κ2) is 5.16. The second-order valence-electron chi connectivity index (χ2n) is 4.30. The normalized spacial score (nSPS) is 13.6. The van der Waals surface area contributed by atoms with Gasteiger partial charge in [0.1, 0.15) is 11.7 Å². The molecule has 1 aliphatic heterocycles. The number of ether oxygens (including phenoxy) is 1. The summed E-state index contributed by atoms with van der Waals surface area (Å²) in [5.41, 5.74) is -0.821. The van der Waals surface area contributed by atoms with Crippen LogP contribution < -0.4 is 10.1 Å². The molecular weight excluding hydrogens is 323 g/mol. The topological polar surface area (TPSA) is 81.9 Å². The number of aromatic nitrogens is 4. The number of aryl methyl sites for hydroxylation is 1. The fraction of sp³-hybridized carbons (Fsp3) is 0.273. The van der Waals surface area contributed by atoms with Crippen molar-refractivity contribution in [2.75, 3.05) is 11.3 Å². The van der Waals surface area contributed by atoms with Gasteiger partial charge in [0.15, 0.2) is 0 Å². The predicted octanol–water partition coefficient (Wildman–Crippen LogP) is 1.92. The van der Waals surface area contributed by atoms with Gasteiger partial charge in [-0.3, -0.25) is 10.1 Å². The molecule has 116 valence electrons. The summed E-state index contributed by atoms with van der Waals surface area (Å²) in [6, 6.07) is 1.94. The molecule has 1 aromatic heterocycles. The molecule has 1 amide bonds. The average molecular weight is 331 g/mol. The molecule has 0 saturated heterocycles. The Morgan fingerprint density at radius 1 is 1.45 bits per heavy atom. The van der Waals surface area contributed by atoms with Gasteiger partial charge in [0, 0.05) is 7.05 Å². The first-order valence-corrected chi connectivity index (χ1v) is 6.90. The molecule has 0 radical (unpaired) electrons. The van der Waals surface area contributed by atoms with Crippen molar-refractivity contribution in [3.63, 3.8) is 0 Å². The zero-order chi connectivity index (χ0) is 15.9. The Balaban J connectivity index is 1.97. The van der Waals surface area contributed by atoms with E-state index in [0.717, 1.165) is 23.9 Å². The van der Waals surface area contributed by atoms with Gasteiger partial charge in [0.05, 0.1) is 16.0 Å². The van der Waals surface area contributed by atoms with Crippen LogP contribution in [0.3, 0.4) is 0 Å². The molecule has 0 spiro atoms. The number of rotatable bonds is 2. The molecule has 0 aliphatic carbocycles. The van der Waals surface area contributed by atoms with Crippen molar-refractivity contribution in [1.29, 1.82) is 0 Å². The van der Waals surface area contributed by atoms with Gasteiger partial charge in [-0.05, 0) is 22.6 Å². The molecule has 0 atom stereocenters. The maximum Gasteiger partial charge on any atom is 0.420 e. The number of amides is 1. The van der Waals surface area contributed by atoms with E-state index in [1.54, 1.807) is 0 Å². The van der Waals surface area contributed by atoms with Crippen LogP contribution in [-0.2, 0) is 13.2 Å². The third kappa shape index (κ3) is 2.47. The van der Waals surface area contributed by atoms with Crippen LogP contribution in [0.5, 0.6) is 5.75 Å². The maximum atomic E-state index is 12.9. The van der Waals surface area contributed by atoms with E-state index in [1.807, 2.05) is 0 Å². The fourth-order valence-corrected chi connectivity index (χ4v) is 2.81. The summed E-state index contributed by atoms with van der Waals surface area (Å²) in [6.45, 7) is 0. The van der Waals surface area contributed by atoms with Gasteiger partial charge < -0.3 is 4.74 Å². The number of alkyl halides is 3. The lowest BCUT2D eigenvalue weighted by molar-refractivity contribution is -0.138. The number of hydrogen-bond acceptors (Lipinski definition) is 6. The first-order valence-electron chi connectivity index (χ1n) is 5.91. The number of nitrogens with zero attached hydrogens (tertiary/aromatic N) is 4. The van der Waals surface area contributed by atoms with E-state index in [2.05, 4.69) is 20.8 Å². The first-order chi connectivity index (χ1) is 10.4. The van der Waals surface area contributed by atoms with Crippen molar-refractivity contribution in [2.24, 2.45) is 7.05 Å². The highest BCUT2D eigenvalue weighted by Gasteiger charge is 2.38. The molecule has 7 nitrogen and oxygen atoms in total. The van der Waals surface area contributed by atoms with Crippen LogP contribution in [0.2, 0.25) is 0 Å². The summed E-state index contributed by atoms with van der Waals surface area (Å²) in [7, 11) is 1.52. The lowest BCUT2D eigenvalue weighted by atomic mass is 10.1. The molecule has 1 aromatic carbocycles. The third-order valence-corrected chi connectivity index (χ3v) is 3.84. The van der Waals surface area contributed by atoms with Gasteiger partial charge in [-0.1, -0.05) is 16.9 Å². The van der Waals surface area contributed by atoms with Gasteiger partial charge in [0.25, 0.3) is 5.91 Å². The van der Waals surface area contributed by atoms with Crippen molar-refractivity contribution in [3.05, 3.63) is 23.3 Å². The van der Waals surface area contributed by atoms with Crippen molar-refractivity contribution < 1.29 is 22.7 Å². The second-order valence-corrected chi connectivity index (χ2v) is 5.24. The predicted molar refractivity (Wildman–Crippen MR) is 69.5 cm³/mol. The maximum absolute atomic E-state index is 12.9. The van der Waals surface area contributed by atoms with E-state index in [0.29, 0.717) is 0 Å². The largest absolute Gasteiger partial charge is 0.481 e. The zero-order valence-electron chi connectivity index (χ0n) is 11.0. The highest BCUT2D eigenvalue weighted by Crippen LogP contribution is 2.47. The van der Waals surface area contributed by atoms with Crippen molar-refractivity contribution in [2.45, 2.75) is 11.1 Å². The minimum absolute atomic E-state index is 0.0220. The molecule has 11 heteroatoms. The Labute approximate surface area is 125 Å². The number of fused-ring (bicyclic) bond motifs is 1. The number of halogens is 3. The summed E-state index contributed by atoms with van der Waals surface area (Å²) in [4.78, 5) is 12.4. The number of hydrogen-bond donors (Lipinski definition) is 1. The molecule has 0 unspecified atom stereocenters. The fourth-order valence-electron chi connectivity index (χ4n) is 1.90. The summed E-state index contributed by atoms with van der Waals surface area (Å²) >= 11 is 1.03. The molecule has 2 heterocycles. The van der Waals surface area contributed by atoms with E-state index in [9.17, 15) is 18.0 Å². The van der Waals surface area contributed by atoms with Crippen molar-refractivity contribution in [3.8, 4) is 5.75 Å². The van der Waals surface area contributed by atoms with Crippen LogP contribution in [0, 0.1) is 0 Å². The molecule has 22 heavy (non-hydrogen) atoms. The minimum atomic E-state index is -4.54. The van der Waals surface area contributed by atoms with E-state index >= 15 is 0 Å². The highest BCUT2D eigenvalue weighted by atomic mass is 32.2. The van der Waals surface area contributed by atoms with E-state index in [4.69, 9.17) is 4.74 Å². The SMILES string of the molecule is Cn1nnnc1NC(=O)c1ccc(C(F)(F)F)c2c1SCO2. The molecule has 0 fully saturated rings. The van der Waals surface area contributed by atoms with E-state index in [-0.39, 0.29) is 28.1 Å². The Kier molecular flexibility index (Phi) is 3.43. The van der Waals surface area contributed by atoms with E-state index in [1.165, 1.54) is 11.7 Å². The summed E-state index contributed by atoms with van der Waals surface area (Å²) < 4.78 is 45.0. The van der Waals surface area contributed by atoms with Gasteiger partial charge in [-0.25, -0.2) is 4.68 Å². The standard InChI is InChI=1S/C11H8F3N5O2S/c1-19-10(16-17-18-19)15-9(20)5-2-3-6(11(12,13)14)7-8(5)22-4-21-7/h2-3H,4H2,1H3,(H,15,16,18,20). The molecular formula is C11H8F3N5O2S. The molecule has 0 saturated carbocycles. The van der Waals surface area contributed by atoms with Crippen LogP contribution in [0.4, 0.5) is 19.1 Å². The van der Waals surface area contributed by atoms with Gasteiger partial charge >= 0.3 is 6.18 Å². The molecule has 0 bridgehead atoms. The Morgan fingerprint density at radius 3 is 2.86 bits per heavy atom. The van der Waals surface area contributed by atoms with Crippen LogP contribution >= 0.6 is 11.8 Å². The quantitative estimate of drug-likeness (QED) is 0.905. The summed E-state index contributed by atoms with van der Waals surface area (Å²) in [6.07, 6.45) is -4.54. The van der Waals surface area contributed by atoms with Crippen molar-refractivity contribution in [1.82, 2.24) is 20.2 Å². The zero-order valence-corrected chi connectivity index (χ0v) is 11.8. The summed E-state index contributed by atoms with van der Waals surface area (Å²) in [5, 5.41) is 12.9. The van der Waals surface area contributed by atoms with Crippen LogP contribution in [0.25, 0.3) is 0 Å². The number of nitrogens with one attached hydrogen (secondary N) is 1. The number of thioether (sulfide) groups is 1. The number of anilines is 1. The Bertz CT molecular complexity index is 746. The molecule has 3 rings (SSSR count). The molecule has 1 N–H and O–H groups in total. The highest BCUT2D eigenvalue weighted by molar-refractivity contribution is 7.99. The smallest absolute Gasteiger partial charge is 0.420 e. The average Bonchev–Trinajstić information content (AvgIpc) is 3.06. The third-order valence-electron chi connectivity index (χ3n) is 2.91. The van der Waals surface area contributed by atoms with Crippen LogP contribution in [-0.4, -0.2) is 32.1 Å². The number of carbonyl (C=O) groups is 1. The summed E-state index contributed by atoms with van der Waals surface area (Å²) in [5.74, 6) is -0.821. The lowest BCUT2D eigenvalue weighted by Crippen LogP contribution is -2.17. The molecule has 1 aliphatic rings. The molecule has 2 aromatic rings. The Hall–Kier alpha value is -2.30. The monoisotopic (exact) mass is 331 g/mol. The first kappa shape index (κ1) is 14.6. The van der Waals surface area contributed by atoms with Gasteiger partial charge in [-0.2, -0.15) is 13.2 Å². The van der Waals surface area contributed by atoms with Crippen molar-refractivity contribution >= 4 is 23.6 Å².